The first-order valence-electron chi connectivity index (χ1n) is 8.63. The van der Waals surface area contributed by atoms with Crippen LogP contribution in [0.5, 0.6) is 5.75 Å². The van der Waals surface area contributed by atoms with Gasteiger partial charge in [0.05, 0.1) is 0 Å². The summed E-state index contributed by atoms with van der Waals surface area (Å²) in [5.41, 5.74) is 1.28. The molecule has 0 aliphatic carbocycles. The predicted molar refractivity (Wildman–Crippen MR) is 102 cm³/mol. The van der Waals surface area contributed by atoms with Gasteiger partial charge < -0.3 is 14.2 Å². The smallest absolute Gasteiger partial charge is 0.308 e. The lowest BCUT2D eigenvalue weighted by Gasteiger charge is -2.19. The average molecular weight is 377 g/mol. The Bertz CT molecular complexity index is 965. The molecule has 3 aromatic rings. The first kappa shape index (κ1) is 19.0. The van der Waals surface area contributed by atoms with Crippen molar-refractivity contribution in [2.75, 3.05) is 6.54 Å². The first-order chi connectivity index (χ1) is 13.6. The van der Waals surface area contributed by atoms with E-state index in [1.165, 1.54) is 11.8 Å². The summed E-state index contributed by atoms with van der Waals surface area (Å²) in [7, 11) is 0. The molecular formula is C21H19N3O4. The van der Waals surface area contributed by atoms with Crippen molar-refractivity contribution < 1.29 is 18.8 Å². The van der Waals surface area contributed by atoms with Crippen LogP contribution in [0.25, 0.3) is 11.4 Å². The molecule has 0 aliphatic rings. The van der Waals surface area contributed by atoms with Crippen molar-refractivity contribution in [1.29, 1.82) is 0 Å². The number of hydrogen-bond donors (Lipinski definition) is 0. The van der Waals surface area contributed by atoms with Crippen LogP contribution in [0.3, 0.4) is 0 Å². The van der Waals surface area contributed by atoms with E-state index in [0.717, 1.165) is 5.56 Å². The van der Waals surface area contributed by atoms with Gasteiger partial charge in [-0.1, -0.05) is 41.6 Å². The number of esters is 1. The monoisotopic (exact) mass is 377 g/mol. The second-order valence-electron chi connectivity index (χ2n) is 5.97. The number of ether oxygens (including phenoxy) is 1. The Morgan fingerprint density at radius 1 is 1.14 bits per heavy atom. The summed E-state index contributed by atoms with van der Waals surface area (Å²) in [6, 6.07) is 15.8. The number of benzene rings is 2. The molecule has 0 saturated carbocycles. The molecule has 0 saturated heterocycles. The Morgan fingerprint density at radius 2 is 1.86 bits per heavy atom. The molecule has 7 heteroatoms. The van der Waals surface area contributed by atoms with Crippen LogP contribution in [0, 0.1) is 0 Å². The highest BCUT2D eigenvalue weighted by atomic mass is 16.5. The van der Waals surface area contributed by atoms with Gasteiger partial charge >= 0.3 is 5.97 Å². The largest absolute Gasteiger partial charge is 0.427 e. The molecule has 142 valence electrons. The maximum atomic E-state index is 12.8. The fourth-order valence-corrected chi connectivity index (χ4v) is 2.58. The molecule has 0 atom stereocenters. The zero-order valence-corrected chi connectivity index (χ0v) is 15.4. The summed E-state index contributed by atoms with van der Waals surface area (Å²) in [6.07, 6.45) is 1.62. The second-order valence-corrected chi connectivity index (χ2v) is 5.97. The van der Waals surface area contributed by atoms with Gasteiger partial charge in [0.2, 0.25) is 11.7 Å². The van der Waals surface area contributed by atoms with Crippen molar-refractivity contribution in [1.82, 2.24) is 15.0 Å². The SMILES string of the molecule is C=CCN(Cc1nc(-c2ccccc2)no1)C(=O)c1ccc(OC(C)=O)cc1. The highest BCUT2D eigenvalue weighted by Crippen LogP contribution is 2.18. The summed E-state index contributed by atoms with van der Waals surface area (Å²) in [4.78, 5) is 29.7. The average Bonchev–Trinajstić information content (AvgIpc) is 3.17. The van der Waals surface area contributed by atoms with Crippen molar-refractivity contribution >= 4 is 11.9 Å². The summed E-state index contributed by atoms with van der Waals surface area (Å²) in [5, 5.41) is 3.97. The molecule has 1 heterocycles. The van der Waals surface area contributed by atoms with Crippen molar-refractivity contribution in [3.8, 4) is 17.1 Å². The number of hydrogen-bond acceptors (Lipinski definition) is 6. The normalized spacial score (nSPS) is 10.3. The lowest BCUT2D eigenvalue weighted by atomic mass is 10.2. The third kappa shape index (κ3) is 4.70. The molecule has 0 radical (unpaired) electrons. The summed E-state index contributed by atoms with van der Waals surface area (Å²) in [5.74, 6) is 0.522. The minimum absolute atomic E-state index is 0.149. The van der Waals surface area contributed by atoms with Gasteiger partial charge in [-0.25, -0.2) is 0 Å². The molecule has 2 aromatic carbocycles. The first-order valence-corrected chi connectivity index (χ1v) is 8.63. The van der Waals surface area contributed by atoms with E-state index < -0.39 is 5.97 Å². The van der Waals surface area contributed by atoms with E-state index in [2.05, 4.69) is 16.7 Å². The van der Waals surface area contributed by atoms with Crippen LogP contribution in [0.2, 0.25) is 0 Å². The van der Waals surface area contributed by atoms with Crippen molar-refractivity contribution in [3.63, 3.8) is 0 Å². The number of carbonyl (C=O) groups excluding carboxylic acids is 2. The Hall–Kier alpha value is -3.74. The summed E-state index contributed by atoms with van der Waals surface area (Å²) in [6.45, 7) is 5.48. The molecule has 0 unspecified atom stereocenters. The number of aromatic nitrogens is 2. The fraction of sp³-hybridized carbons (Fsp3) is 0.143. The van der Waals surface area contributed by atoms with Crippen LogP contribution in [0.4, 0.5) is 0 Å². The van der Waals surface area contributed by atoms with Gasteiger partial charge in [0.25, 0.3) is 5.91 Å². The fourth-order valence-electron chi connectivity index (χ4n) is 2.58. The molecule has 0 aliphatic heterocycles. The molecule has 0 bridgehead atoms. The molecule has 1 amide bonds. The van der Waals surface area contributed by atoms with Crippen molar-refractivity contribution in [3.05, 3.63) is 78.7 Å². The molecule has 0 spiro atoms. The van der Waals surface area contributed by atoms with Gasteiger partial charge in [-0.2, -0.15) is 4.98 Å². The Labute approximate surface area is 162 Å². The number of rotatable bonds is 7. The lowest BCUT2D eigenvalue weighted by Crippen LogP contribution is -2.30. The zero-order chi connectivity index (χ0) is 19.9. The Kier molecular flexibility index (Phi) is 5.96. The van der Waals surface area contributed by atoms with E-state index in [-0.39, 0.29) is 12.5 Å². The van der Waals surface area contributed by atoms with E-state index in [1.54, 1.807) is 30.3 Å². The van der Waals surface area contributed by atoms with Crippen molar-refractivity contribution in [2.24, 2.45) is 0 Å². The van der Waals surface area contributed by atoms with E-state index in [1.807, 2.05) is 30.3 Å². The minimum atomic E-state index is -0.419. The van der Waals surface area contributed by atoms with Crippen molar-refractivity contribution in [2.45, 2.75) is 13.5 Å². The predicted octanol–water partition coefficient (Wildman–Crippen LogP) is 3.49. The quantitative estimate of drug-likeness (QED) is 0.356. The molecule has 0 fully saturated rings. The molecule has 1 aromatic heterocycles. The number of nitrogens with zero attached hydrogens (tertiary/aromatic N) is 3. The molecule has 3 rings (SSSR count). The standard InChI is InChI=1S/C21H19N3O4/c1-3-13-24(21(26)17-9-11-18(12-10-17)27-15(2)25)14-19-22-20(23-28-19)16-7-5-4-6-8-16/h3-12H,1,13-14H2,2H3. The van der Waals surface area contributed by atoms with Crippen LogP contribution >= 0.6 is 0 Å². The maximum absolute atomic E-state index is 12.8. The zero-order valence-electron chi connectivity index (χ0n) is 15.4. The number of amides is 1. The van der Waals surface area contributed by atoms with Crippen LogP contribution in [-0.2, 0) is 11.3 Å². The third-order valence-corrected chi connectivity index (χ3v) is 3.83. The highest BCUT2D eigenvalue weighted by Gasteiger charge is 2.19. The molecular weight excluding hydrogens is 358 g/mol. The van der Waals surface area contributed by atoms with Crippen LogP contribution < -0.4 is 4.74 Å². The Morgan fingerprint density at radius 3 is 2.50 bits per heavy atom. The van der Waals surface area contributed by atoms with Gasteiger partial charge in [-0.05, 0) is 24.3 Å². The summed E-state index contributed by atoms with van der Waals surface area (Å²) < 4.78 is 10.3. The minimum Gasteiger partial charge on any atom is -0.427 e. The molecule has 28 heavy (non-hydrogen) atoms. The maximum Gasteiger partial charge on any atom is 0.308 e. The van der Waals surface area contributed by atoms with Gasteiger partial charge in [-0.3, -0.25) is 9.59 Å². The van der Waals surface area contributed by atoms with E-state index in [4.69, 9.17) is 9.26 Å². The van der Waals surface area contributed by atoms with E-state index in [0.29, 0.717) is 29.6 Å². The second kappa shape index (κ2) is 8.77. The Balaban J connectivity index is 1.74. The van der Waals surface area contributed by atoms with Gasteiger partial charge in [0, 0.05) is 24.6 Å². The number of carbonyl (C=O) groups is 2. The van der Waals surface area contributed by atoms with Gasteiger partial charge in [0.1, 0.15) is 12.3 Å². The van der Waals surface area contributed by atoms with Gasteiger partial charge in [-0.15, -0.1) is 6.58 Å². The van der Waals surface area contributed by atoms with Gasteiger partial charge in [0.15, 0.2) is 0 Å². The highest BCUT2D eigenvalue weighted by molar-refractivity contribution is 5.94. The molecule has 7 nitrogen and oxygen atoms in total. The summed E-state index contributed by atoms with van der Waals surface area (Å²) >= 11 is 0. The topological polar surface area (TPSA) is 85.5 Å². The van der Waals surface area contributed by atoms with E-state index in [9.17, 15) is 9.59 Å². The molecule has 0 N–H and O–H groups in total. The third-order valence-electron chi connectivity index (χ3n) is 3.83. The van der Waals surface area contributed by atoms with Crippen LogP contribution in [0.1, 0.15) is 23.2 Å². The lowest BCUT2D eigenvalue weighted by molar-refractivity contribution is -0.131. The van der Waals surface area contributed by atoms with Crippen LogP contribution in [-0.4, -0.2) is 33.5 Å². The van der Waals surface area contributed by atoms with Crippen LogP contribution in [0.15, 0.2) is 71.8 Å². The van der Waals surface area contributed by atoms with E-state index >= 15 is 0 Å².